The van der Waals surface area contributed by atoms with Crippen molar-refractivity contribution in [1.29, 1.82) is 0 Å². The molecule has 13 aromatic rings. The topological polar surface area (TPSA) is 8.17 Å². The summed E-state index contributed by atoms with van der Waals surface area (Å²) in [6.45, 7) is 0. The maximum absolute atomic E-state index is 2.49. The molecule has 2 nitrogen and oxygen atoms in total. The minimum absolute atomic E-state index is 0.499. The third-order valence-electron chi connectivity index (χ3n) is 15.5. The third-order valence-corrected chi connectivity index (χ3v) is 15.5. The molecule has 1 aliphatic carbocycles. The number of hydrogen-bond acceptors (Lipinski definition) is 1. The van der Waals surface area contributed by atoms with Crippen molar-refractivity contribution < 1.29 is 0 Å². The number of benzene rings is 12. The second kappa shape index (κ2) is 18.4. The van der Waals surface area contributed by atoms with Crippen LogP contribution < -0.4 is 4.90 Å². The average molecular weight is 955 g/mol. The summed E-state index contributed by atoms with van der Waals surface area (Å²) in [6.07, 6.45) is 0. The maximum Gasteiger partial charge on any atom is 0.0714 e. The smallest absolute Gasteiger partial charge is 0.0714 e. The number of anilines is 3. The summed E-state index contributed by atoms with van der Waals surface area (Å²) in [7, 11) is 0. The standard InChI is InChI=1S/C73H50N2/c1-5-21-51(22-6-1)61-29-13-14-30-62(61)52-37-42-58(43-38-52)74(57-27-11-4-12-28-57)59-44-39-53(40-45-59)63-31-15-16-32-64(63)54-41-47-68-67-34-18-20-36-71(67)75(72(68)49-54)60-46-48-66-65-33-17-19-35-69(65)73(70(66)50-60,55-23-7-2-8-24-55)56-25-9-3-10-26-56/h1-50H. The fraction of sp³-hybridized carbons (Fsp3) is 0.0137. The van der Waals surface area contributed by atoms with Crippen molar-refractivity contribution >= 4 is 38.9 Å². The summed E-state index contributed by atoms with van der Waals surface area (Å²) in [4.78, 5) is 2.34. The van der Waals surface area contributed by atoms with Gasteiger partial charge in [0.15, 0.2) is 0 Å². The fourth-order valence-corrected chi connectivity index (χ4v) is 12.2. The molecule has 0 aliphatic heterocycles. The molecule has 0 saturated heterocycles. The van der Waals surface area contributed by atoms with Crippen molar-refractivity contribution in [3.63, 3.8) is 0 Å². The summed E-state index contributed by atoms with van der Waals surface area (Å²) in [5, 5.41) is 2.46. The molecule has 0 unspecified atom stereocenters. The van der Waals surface area contributed by atoms with Gasteiger partial charge in [-0.2, -0.15) is 0 Å². The van der Waals surface area contributed by atoms with Crippen molar-refractivity contribution in [2.45, 2.75) is 5.41 Å². The molecule has 2 heteroatoms. The van der Waals surface area contributed by atoms with Crippen LogP contribution in [0.5, 0.6) is 0 Å². The van der Waals surface area contributed by atoms with Crippen molar-refractivity contribution in [3.05, 3.63) is 326 Å². The largest absolute Gasteiger partial charge is 0.311 e. The van der Waals surface area contributed by atoms with Gasteiger partial charge in [-0.25, -0.2) is 0 Å². The van der Waals surface area contributed by atoms with E-state index in [-0.39, 0.29) is 0 Å². The van der Waals surface area contributed by atoms with Gasteiger partial charge in [0.2, 0.25) is 0 Å². The first-order valence-corrected chi connectivity index (χ1v) is 25.9. The summed E-state index contributed by atoms with van der Waals surface area (Å²) in [5.74, 6) is 0. The molecule has 0 spiro atoms. The normalized spacial score (nSPS) is 12.4. The number of hydrogen-bond donors (Lipinski definition) is 0. The first-order chi connectivity index (χ1) is 37.2. The number of rotatable bonds is 10. The van der Waals surface area contributed by atoms with E-state index in [4.69, 9.17) is 0 Å². The Morgan fingerprint density at radius 3 is 1.25 bits per heavy atom. The van der Waals surface area contributed by atoms with Gasteiger partial charge in [0.25, 0.3) is 0 Å². The molecule has 1 aliphatic rings. The van der Waals surface area contributed by atoms with Crippen LogP contribution in [0.4, 0.5) is 17.1 Å². The van der Waals surface area contributed by atoms with Gasteiger partial charge in [0.05, 0.1) is 16.4 Å². The number of para-hydroxylation sites is 2. The molecule has 1 aromatic heterocycles. The Morgan fingerprint density at radius 1 is 0.253 bits per heavy atom. The van der Waals surface area contributed by atoms with Crippen LogP contribution >= 0.6 is 0 Å². The first kappa shape index (κ1) is 44.0. The molecule has 0 atom stereocenters. The average Bonchev–Trinajstić information content (AvgIpc) is 4.08. The molecule has 0 N–H and O–H groups in total. The van der Waals surface area contributed by atoms with Gasteiger partial charge in [0, 0.05) is 33.5 Å². The molecule has 75 heavy (non-hydrogen) atoms. The summed E-state index contributed by atoms with van der Waals surface area (Å²) in [5.41, 5.74) is 23.5. The Hall–Kier alpha value is -9.76. The van der Waals surface area contributed by atoms with Crippen LogP contribution in [0.25, 0.3) is 83.1 Å². The third kappa shape index (κ3) is 7.33. The Labute approximate surface area is 438 Å². The predicted molar refractivity (Wildman–Crippen MR) is 315 cm³/mol. The molecule has 0 fully saturated rings. The lowest BCUT2D eigenvalue weighted by Gasteiger charge is -2.34. The van der Waals surface area contributed by atoms with Gasteiger partial charge in [-0.3, -0.25) is 0 Å². The van der Waals surface area contributed by atoms with Crippen LogP contribution in [0.1, 0.15) is 22.3 Å². The SMILES string of the molecule is c1ccc(-c2ccccc2-c2ccc(N(c3ccccc3)c3ccc(-c4ccccc4-c4ccc5c6ccccc6n(-c6ccc7c(c6)C(c6ccccc6)(c6ccccc6)c6ccccc6-7)c5c4)cc3)cc2)cc1. The molecule has 14 rings (SSSR count). The second-order valence-corrected chi connectivity index (χ2v) is 19.6. The van der Waals surface area contributed by atoms with Crippen molar-refractivity contribution in [2.24, 2.45) is 0 Å². The Kier molecular flexibility index (Phi) is 10.8. The molecule has 12 aromatic carbocycles. The summed E-state index contributed by atoms with van der Waals surface area (Å²) in [6, 6.07) is 111. The van der Waals surface area contributed by atoms with E-state index in [1.807, 2.05) is 0 Å². The Bertz CT molecular complexity index is 4160. The van der Waals surface area contributed by atoms with E-state index in [9.17, 15) is 0 Å². The van der Waals surface area contributed by atoms with E-state index in [1.165, 1.54) is 94.1 Å². The number of fused-ring (bicyclic) bond motifs is 6. The van der Waals surface area contributed by atoms with Crippen molar-refractivity contribution in [1.82, 2.24) is 4.57 Å². The van der Waals surface area contributed by atoms with E-state index in [2.05, 4.69) is 313 Å². The van der Waals surface area contributed by atoms with Crippen LogP contribution in [-0.2, 0) is 5.41 Å². The van der Waals surface area contributed by atoms with Crippen LogP contribution in [0.3, 0.4) is 0 Å². The van der Waals surface area contributed by atoms with E-state index >= 15 is 0 Å². The van der Waals surface area contributed by atoms with Gasteiger partial charge < -0.3 is 9.47 Å². The molecular weight excluding hydrogens is 905 g/mol. The van der Waals surface area contributed by atoms with Gasteiger partial charge in [-0.15, -0.1) is 0 Å². The monoisotopic (exact) mass is 954 g/mol. The highest BCUT2D eigenvalue weighted by Crippen LogP contribution is 2.57. The van der Waals surface area contributed by atoms with E-state index in [1.54, 1.807) is 0 Å². The highest BCUT2D eigenvalue weighted by Gasteiger charge is 2.46. The molecule has 352 valence electrons. The molecule has 0 saturated carbocycles. The van der Waals surface area contributed by atoms with Crippen LogP contribution in [0.15, 0.2) is 303 Å². The van der Waals surface area contributed by atoms with Crippen molar-refractivity contribution in [3.8, 4) is 61.3 Å². The fourth-order valence-electron chi connectivity index (χ4n) is 12.2. The van der Waals surface area contributed by atoms with Crippen LogP contribution in [0.2, 0.25) is 0 Å². The van der Waals surface area contributed by atoms with Crippen LogP contribution in [-0.4, -0.2) is 4.57 Å². The number of aromatic nitrogens is 1. The van der Waals surface area contributed by atoms with Crippen molar-refractivity contribution in [2.75, 3.05) is 4.90 Å². The van der Waals surface area contributed by atoms with Gasteiger partial charge >= 0.3 is 0 Å². The zero-order valence-electron chi connectivity index (χ0n) is 41.3. The van der Waals surface area contributed by atoms with E-state index in [0.29, 0.717) is 0 Å². The summed E-state index contributed by atoms with van der Waals surface area (Å²) >= 11 is 0. The molecule has 0 radical (unpaired) electrons. The van der Waals surface area contributed by atoms with Gasteiger partial charge in [-0.05, 0) is 139 Å². The highest BCUT2D eigenvalue weighted by atomic mass is 15.1. The Balaban J connectivity index is 0.859. The molecule has 0 amide bonds. The molecule has 1 heterocycles. The molecule has 0 bridgehead atoms. The molecular formula is C73H50N2. The minimum atomic E-state index is -0.499. The zero-order valence-corrected chi connectivity index (χ0v) is 41.3. The van der Waals surface area contributed by atoms with E-state index < -0.39 is 5.41 Å². The van der Waals surface area contributed by atoms with Gasteiger partial charge in [0.1, 0.15) is 0 Å². The number of nitrogens with zero attached hydrogens (tertiary/aromatic N) is 2. The Morgan fingerprint density at radius 2 is 0.667 bits per heavy atom. The van der Waals surface area contributed by atoms with Gasteiger partial charge in [-0.1, -0.05) is 243 Å². The second-order valence-electron chi connectivity index (χ2n) is 19.6. The maximum atomic E-state index is 2.49. The van der Waals surface area contributed by atoms with E-state index in [0.717, 1.165) is 28.3 Å². The van der Waals surface area contributed by atoms with Crippen LogP contribution in [0, 0.1) is 0 Å². The summed E-state index contributed by atoms with van der Waals surface area (Å²) < 4.78 is 2.49. The lowest BCUT2D eigenvalue weighted by atomic mass is 9.67. The minimum Gasteiger partial charge on any atom is -0.311 e. The predicted octanol–water partition coefficient (Wildman–Crippen LogP) is 19.3. The lowest BCUT2D eigenvalue weighted by molar-refractivity contribution is 0.767. The zero-order chi connectivity index (χ0) is 49.7. The lowest BCUT2D eigenvalue weighted by Crippen LogP contribution is -2.28. The first-order valence-electron chi connectivity index (χ1n) is 25.9. The quantitative estimate of drug-likeness (QED) is 0.133. The highest BCUT2D eigenvalue weighted by molar-refractivity contribution is 6.10.